The van der Waals surface area contributed by atoms with Crippen LogP contribution >= 0.6 is 0 Å². The molecule has 17 heavy (non-hydrogen) atoms. The molecule has 96 valence electrons. The third-order valence-electron chi connectivity index (χ3n) is 2.04. The van der Waals surface area contributed by atoms with Crippen LogP contribution in [0, 0.1) is 0 Å². The van der Waals surface area contributed by atoms with Gasteiger partial charge in [-0.05, 0) is 0 Å². The van der Waals surface area contributed by atoms with E-state index in [0.717, 1.165) is 0 Å². The summed E-state index contributed by atoms with van der Waals surface area (Å²) in [6.07, 6.45) is 0.0166. The highest BCUT2D eigenvalue weighted by Gasteiger charge is 2.27. The van der Waals surface area contributed by atoms with Crippen molar-refractivity contribution in [1.82, 2.24) is 5.32 Å². The average Bonchev–Trinajstić information content (AvgIpc) is 2.78. The third-order valence-corrected chi connectivity index (χ3v) is 2.04. The zero-order chi connectivity index (χ0) is 12.7. The largest absolute Gasteiger partial charge is 0.480 e. The number of rotatable bonds is 6. The van der Waals surface area contributed by atoms with Gasteiger partial charge in [0.25, 0.3) is 0 Å². The molecule has 1 aliphatic heterocycles. The molecule has 7 heteroatoms. The van der Waals surface area contributed by atoms with Crippen LogP contribution in [0.3, 0.4) is 0 Å². The van der Waals surface area contributed by atoms with Gasteiger partial charge >= 0.3 is 12.1 Å². The molecule has 1 atom stereocenters. The molecule has 1 amide bonds. The number of amides is 1. The van der Waals surface area contributed by atoms with Gasteiger partial charge in [0.15, 0.2) is 6.29 Å². The van der Waals surface area contributed by atoms with E-state index in [1.807, 2.05) is 0 Å². The summed E-state index contributed by atoms with van der Waals surface area (Å²) in [4.78, 5) is 22.1. The topological polar surface area (TPSA) is 94.1 Å². The molecule has 0 bridgehead atoms. The number of hydrogen-bond donors (Lipinski definition) is 2. The van der Waals surface area contributed by atoms with Gasteiger partial charge in [0, 0.05) is 6.42 Å². The number of carbonyl (C=O) groups excluding carboxylic acids is 1. The molecular weight excluding hydrogens is 230 g/mol. The molecule has 1 fully saturated rings. The number of ether oxygens (including phenoxy) is 3. The molecule has 0 aromatic carbocycles. The minimum Gasteiger partial charge on any atom is -0.480 e. The normalized spacial score (nSPS) is 17.4. The zero-order valence-electron chi connectivity index (χ0n) is 9.26. The lowest BCUT2D eigenvalue weighted by molar-refractivity contribution is -0.142. The number of carbonyl (C=O) groups is 2. The summed E-state index contributed by atoms with van der Waals surface area (Å²) in [5.41, 5.74) is 0. The molecule has 0 unspecified atom stereocenters. The first kappa shape index (κ1) is 13.5. The highest BCUT2D eigenvalue weighted by atomic mass is 16.7. The van der Waals surface area contributed by atoms with Crippen LogP contribution in [0.15, 0.2) is 12.7 Å². The Labute approximate surface area is 98.3 Å². The van der Waals surface area contributed by atoms with Gasteiger partial charge in [-0.25, -0.2) is 9.59 Å². The smallest absolute Gasteiger partial charge is 0.408 e. The van der Waals surface area contributed by atoms with Crippen molar-refractivity contribution in [3.8, 4) is 0 Å². The molecule has 7 nitrogen and oxygen atoms in total. The summed E-state index contributed by atoms with van der Waals surface area (Å²) in [5.74, 6) is -1.17. The summed E-state index contributed by atoms with van der Waals surface area (Å²) in [6.45, 7) is 4.25. The van der Waals surface area contributed by atoms with Crippen molar-refractivity contribution in [2.24, 2.45) is 0 Å². The lowest BCUT2D eigenvalue weighted by Crippen LogP contribution is -2.43. The predicted molar refractivity (Wildman–Crippen MR) is 56.4 cm³/mol. The molecule has 1 aliphatic rings. The van der Waals surface area contributed by atoms with E-state index < -0.39 is 24.4 Å². The van der Waals surface area contributed by atoms with Crippen LogP contribution in [0.1, 0.15) is 6.42 Å². The number of alkyl carbamates (subject to hydrolysis) is 1. The van der Waals surface area contributed by atoms with E-state index in [1.54, 1.807) is 0 Å². The Balaban J connectivity index is 2.39. The summed E-state index contributed by atoms with van der Waals surface area (Å²) in [7, 11) is 0. The van der Waals surface area contributed by atoms with Gasteiger partial charge < -0.3 is 24.6 Å². The summed E-state index contributed by atoms with van der Waals surface area (Å²) in [6, 6.07) is -1.10. The molecular formula is C10H15NO6. The van der Waals surface area contributed by atoms with Crippen molar-refractivity contribution in [1.29, 1.82) is 0 Å². The van der Waals surface area contributed by atoms with Crippen molar-refractivity contribution < 1.29 is 28.9 Å². The van der Waals surface area contributed by atoms with E-state index in [-0.39, 0.29) is 13.0 Å². The van der Waals surface area contributed by atoms with Crippen LogP contribution < -0.4 is 5.32 Å². The lowest BCUT2D eigenvalue weighted by Gasteiger charge is -2.17. The van der Waals surface area contributed by atoms with Crippen molar-refractivity contribution in [3.63, 3.8) is 0 Å². The van der Waals surface area contributed by atoms with Gasteiger partial charge in [0.2, 0.25) is 0 Å². The number of aliphatic carboxylic acids is 1. The molecule has 1 heterocycles. The first-order chi connectivity index (χ1) is 8.13. The van der Waals surface area contributed by atoms with Gasteiger partial charge in [0.05, 0.1) is 13.2 Å². The SMILES string of the molecule is C=CCOC(=O)N[C@@H](CC1OCCO1)C(=O)O. The maximum atomic E-state index is 11.2. The Bertz CT molecular complexity index is 287. The fourth-order valence-electron chi connectivity index (χ4n) is 1.28. The van der Waals surface area contributed by atoms with Gasteiger partial charge in [0.1, 0.15) is 12.6 Å². The van der Waals surface area contributed by atoms with E-state index in [1.165, 1.54) is 6.08 Å². The van der Waals surface area contributed by atoms with Crippen LogP contribution in [0.2, 0.25) is 0 Å². The molecule has 0 saturated carbocycles. The Morgan fingerprint density at radius 3 is 2.71 bits per heavy atom. The lowest BCUT2D eigenvalue weighted by atomic mass is 10.2. The summed E-state index contributed by atoms with van der Waals surface area (Å²) >= 11 is 0. The molecule has 1 saturated heterocycles. The van der Waals surface area contributed by atoms with E-state index in [9.17, 15) is 9.59 Å². The minimum atomic E-state index is -1.17. The highest BCUT2D eigenvalue weighted by Crippen LogP contribution is 2.10. The standard InChI is InChI=1S/C10H15NO6/c1-2-3-17-10(14)11-7(9(12)13)6-8-15-4-5-16-8/h2,7-8H,1,3-6H2,(H,11,14)(H,12,13)/t7-/m0/s1. The fraction of sp³-hybridized carbons (Fsp3) is 0.600. The Kier molecular flexibility index (Phi) is 5.44. The van der Waals surface area contributed by atoms with Crippen molar-refractivity contribution in [3.05, 3.63) is 12.7 Å². The molecule has 0 spiro atoms. The molecule has 1 rings (SSSR count). The van der Waals surface area contributed by atoms with Crippen LogP contribution in [0.5, 0.6) is 0 Å². The fourth-order valence-corrected chi connectivity index (χ4v) is 1.28. The van der Waals surface area contributed by atoms with Crippen molar-refractivity contribution in [2.75, 3.05) is 19.8 Å². The van der Waals surface area contributed by atoms with E-state index in [0.29, 0.717) is 13.2 Å². The van der Waals surface area contributed by atoms with Crippen molar-refractivity contribution >= 4 is 12.1 Å². The Morgan fingerprint density at radius 2 is 2.18 bits per heavy atom. The number of nitrogens with one attached hydrogen (secondary N) is 1. The van der Waals surface area contributed by atoms with Crippen molar-refractivity contribution in [2.45, 2.75) is 18.8 Å². The first-order valence-corrected chi connectivity index (χ1v) is 5.13. The second-order valence-corrected chi connectivity index (χ2v) is 3.33. The molecule has 0 aromatic heterocycles. The van der Waals surface area contributed by atoms with E-state index in [2.05, 4.69) is 16.6 Å². The average molecular weight is 245 g/mol. The quantitative estimate of drug-likeness (QED) is 0.645. The molecule has 0 aromatic rings. The van der Waals surface area contributed by atoms with E-state index >= 15 is 0 Å². The van der Waals surface area contributed by atoms with E-state index in [4.69, 9.17) is 14.6 Å². The highest BCUT2D eigenvalue weighted by molar-refractivity contribution is 5.79. The number of carboxylic acids is 1. The minimum absolute atomic E-state index is 0.0224. The van der Waals surface area contributed by atoms with Gasteiger partial charge in [-0.1, -0.05) is 12.7 Å². The molecule has 0 radical (unpaired) electrons. The third kappa shape index (κ3) is 4.83. The Hall–Kier alpha value is -1.60. The maximum Gasteiger partial charge on any atom is 0.408 e. The first-order valence-electron chi connectivity index (χ1n) is 5.13. The molecule has 2 N–H and O–H groups in total. The van der Waals surface area contributed by atoms with Gasteiger partial charge in [-0.2, -0.15) is 0 Å². The summed E-state index contributed by atoms with van der Waals surface area (Å²) < 4.78 is 14.8. The van der Waals surface area contributed by atoms with Gasteiger partial charge in [-0.3, -0.25) is 0 Å². The second kappa shape index (κ2) is 6.87. The van der Waals surface area contributed by atoms with Gasteiger partial charge in [-0.15, -0.1) is 0 Å². The second-order valence-electron chi connectivity index (χ2n) is 3.33. The van der Waals surface area contributed by atoms with Crippen LogP contribution in [0.4, 0.5) is 4.79 Å². The zero-order valence-corrected chi connectivity index (χ0v) is 9.26. The monoisotopic (exact) mass is 245 g/mol. The molecule has 0 aliphatic carbocycles. The van der Waals surface area contributed by atoms with Crippen LogP contribution in [-0.2, 0) is 19.0 Å². The predicted octanol–water partition coefficient (Wildman–Crippen LogP) is 0.115. The summed E-state index contributed by atoms with van der Waals surface area (Å²) in [5, 5.41) is 11.1. The number of hydrogen-bond acceptors (Lipinski definition) is 5. The van der Waals surface area contributed by atoms with Crippen LogP contribution in [0.25, 0.3) is 0 Å². The van der Waals surface area contributed by atoms with Crippen LogP contribution in [-0.4, -0.2) is 49.3 Å². The number of carboxylic acid groups (broad SMARTS) is 1. The maximum absolute atomic E-state index is 11.2. The Morgan fingerprint density at radius 1 is 1.53 bits per heavy atom.